The highest BCUT2D eigenvalue weighted by molar-refractivity contribution is 7.10. The minimum Gasteiger partial charge on any atom is -0.305 e. The number of hydrogen-bond donors (Lipinski definition) is 1. The molecule has 1 aromatic heterocycles. The highest BCUT2D eigenvalue weighted by atomic mass is 32.1. The van der Waals surface area contributed by atoms with Crippen LogP contribution in [0.3, 0.4) is 0 Å². The van der Waals surface area contributed by atoms with E-state index in [-0.39, 0.29) is 0 Å². The molecule has 0 saturated carbocycles. The van der Waals surface area contributed by atoms with Crippen molar-refractivity contribution in [2.45, 2.75) is 13.8 Å². The molecule has 0 aliphatic heterocycles. The van der Waals surface area contributed by atoms with E-state index in [9.17, 15) is 0 Å². The lowest BCUT2D eigenvalue weighted by molar-refractivity contribution is 1.45. The van der Waals surface area contributed by atoms with Gasteiger partial charge in [0.2, 0.25) is 0 Å². The first-order valence-electron chi connectivity index (χ1n) is 2.81. The van der Waals surface area contributed by atoms with Gasteiger partial charge in [0.15, 0.2) is 0 Å². The fourth-order valence-electron chi connectivity index (χ4n) is 0.774. The summed E-state index contributed by atoms with van der Waals surface area (Å²) in [7, 11) is 0. The zero-order chi connectivity index (χ0) is 6.85. The van der Waals surface area contributed by atoms with E-state index in [1.807, 2.05) is 25.3 Å². The quantitative estimate of drug-likeness (QED) is 0.578. The SMILES string of the molecule is CC(=N)c1ccsc1C. The van der Waals surface area contributed by atoms with Crippen LogP contribution < -0.4 is 0 Å². The number of rotatable bonds is 1. The van der Waals surface area contributed by atoms with Gasteiger partial charge in [-0.05, 0) is 25.3 Å². The van der Waals surface area contributed by atoms with Crippen molar-refractivity contribution in [3.63, 3.8) is 0 Å². The zero-order valence-corrected chi connectivity index (χ0v) is 6.38. The Morgan fingerprint density at radius 3 is 2.56 bits per heavy atom. The molecule has 0 atom stereocenters. The molecule has 0 aromatic carbocycles. The van der Waals surface area contributed by atoms with Crippen LogP contribution in [0.2, 0.25) is 0 Å². The van der Waals surface area contributed by atoms with Crippen LogP contribution in [0, 0.1) is 12.3 Å². The number of thiophene rings is 1. The van der Waals surface area contributed by atoms with Gasteiger partial charge in [-0.1, -0.05) is 0 Å². The molecule has 1 rings (SSSR count). The van der Waals surface area contributed by atoms with Crippen LogP contribution in [0.4, 0.5) is 0 Å². The third kappa shape index (κ3) is 1.19. The molecule has 0 spiro atoms. The standard InChI is InChI=1S/C7H9NS/c1-5(8)7-3-4-9-6(7)2/h3-4,8H,1-2H3. The van der Waals surface area contributed by atoms with E-state index in [0.29, 0.717) is 5.71 Å². The molecule has 0 bridgehead atoms. The third-order valence-electron chi connectivity index (χ3n) is 1.26. The summed E-state index contributed by atoms with van der Waals surface area (Å²) in [5, 5.41) is 9.32. The smallest absolute Gasteiger partial charge is 0.0366 e. The lowest BCUT2D eigenvalue weighted by Gasteiger charge is -1.91. The molecule has 0 unspecified atom stereocenters. The highest BCUT2D eigenvalue weighted by Gasteiger charge is 1.98. The second-order valence-electron chi connectivity index (χ2n) is 2.02. The van der Waals surface area contributed by atoms with E-state index in [2.05, 4.69) is 0 Å². The Hall–Kier alpha value is -0.630. The van der Waals surface area contributed by atoms with Crippen LogP contribution in [0.5, 0.6) is 0 Å². The first-order valence-corrected chi connectivity index (χ1v) is 3.69. The summed E-state index contributed by atoms with van der Waals surface area (Å²) >= 11 is 1.69. The Bertz CT molecular complexity index is 225. The molecule has 9 heavy (non-hydrogen) atoms. The van der Waals surface area contributed by atoms with Crippen LogP contribution in [-0.2, 0) is 0 Å². The topological polar surface area (TPSA) is 23.9 Å². The summed E-state index contributed by atoms with van der Waals surface area (Å²) in [6.45, 7) is 3.85. The molecule has 0 saturated heterocycles. The van der Waals surface area contributed by atoms with Gasteiger partial charge in [0, 0.05) is 16.2 Å². The zero-order valence-electron chi connectivity index (χ0n) is 5.56. The molecule has 0 aliphatic rings. The molecule has 1 heterocycles. The molecular weight excluding hydrogens is 130 g/mol. The van der Waals surface area contributed by atoms with Crippen LogP contribution in [0.15, 0.2) is 11.4 Å². The lowest BCUT2D eigenvalue weighted by Crippen LogP contribution is -1.89. The van der Waals surface area contributed by atoms with Crippen LogP contribution in [0.25, 0.3) is 0 Å². The van der Waals surface area contributed by atoms with Crippen molar-refractivity contribution in [3.8, 4) is 0 Å². The second-order valence-corrected chi connectivity index (χ2v) is 3.14. The van der Waals surface area contributed by atoms with Crippen molar-refractivity contribution >= 4 is 17.0 Å². The van der Waals surface area contributed by atoms with E-state index in [0.717, 1.165) is 5.56 Å². The van der Waals surface area contributed by atoms with Crippen molar-refractivity contribution in [3.05, 3.63) is 21.9 Å². The lowest BCUT2D eigenvalue weighted by atomic mass is 10.2. The van der Waals surface area contributed by atoms with Gasteiger partial charge in [-0.15, -0.1) is 11.3 Å². The maximum absolute atomic E-state index is 7.30. The third-order valence-corrected chi connectivity index (χ3v) is 2.11. The number of nitrogens with one attached hydrogen (secondary N) is 1. The molecule has 0 aliphatic carbocycles. The maximum Gasteiger partial charge on any atom is 0.0366 e. The van der Waals surface area contributed by atoms with Crippen molar-refractivity contribution in [1.82, 2.24) is 0 Å². The maximum atomic E-state index is 7.30. The fraction of sp³-hybridized carbons (Fsp3) is 0.286. The van der Waals surface area contributed by atoms with Gasteiger partial charge in [-0.3, -0.25) is 0 Å². The van der Waals surface area contributed by atoms with E-state index in [1.165, 1.54) is 4.88 Å². The van der Waals surface area contributed by atoms with Gasteiger partial charge in [-0.25, -0.2) is 0 Å². The number of hydrogen-bond acceptors (Lipinski definition) is 2. The van der Waals surface area contributed by atoms with Crippen LogP contribution in [0.1, 0.15) is 17.4 Å². The Balaban J connectivity index is 3.08. The summed E-state index contributed by atoms with van der Waals surface area (Å²) in [4.78, 5) is 1.24. The first kappa shape index (κ1) is 6.49. The molecule has 48 valence electrons. The molecule has 0 amide bonds. The minimum absolute atomic E-state index is 0.661. The van der Waals surface area contributed by atoms with Crippen molar-refractivity contribution < 1.29 is 0 Å². The Morgan fingerprint density at radius 2 is 2.33 bits per heavy atom. The van der Waals surface area contributed by atoms with Gasteiger partial charge in [-0.2, -0.15) is 0 Å². The second kappa shape index (κ2) is 2.31. The van der Waals surface area contributed by atoms with E-state index in [1.54, 1.807) is 11.3 Å². The predicted octanol–water partition coefficient (Wildman–Crippen LogP) is 2.44. The Labute approximate surface area is 58.9 Å². The fourth-order valence-corrected chi connectivity index (χ4v) is 1.53. The van der Waals surface area contributed by atoms with Crippen LogP contribution in [-0.4, -0.2) is 5.71 Å². The van der Waals surface area contributed by atoms with E-state index < -0.39 is 0 Å². The van der Waals surface area contributed by atoms with Gasteiger partial charge in [0.1, 0.15) is 0 Å². The average molecular weight is 139 g/mol. The highest BCUT2D eigenvalue weighted by Crippen LogP contribution is 2.14. The molecule has 2 heteroatoms. The first-order chi connectivity index (χ1) is 4.22. The molecule has 0 fully saturated rings. The van der Waals surface area contributed by atoms with Gasteiger partial charge >= 0.3 is 0 Å². The summed E-state index contributed by atoms with van der Waals surface area (Å²) in [6.07, 6.45) is 0. The average Bonchev–Trinajstić information content (AvgIpc) is 2.13. The molecule has 0 radical (unpaired) electrons. The van der Waals surface area contributed by atoms with Gasteiger partial charge < -0.3 is 5.41 Å². The summed E-state index contributed by atoms with van der Waals surface area (Å²) in [6, 6.07) is 1.99. The number of aryl methyl sites for hydroxylation is 1. The van der Waals surface area contributed by atoms with Crippen molar-refractivity contribution in [2.24, 2.45) is 0 Å². The Morgan fingerprint density at radius 1 is 1.67 bits per heavy atom. The summed E-state index contributed by atoms with van der Waals surface area (Å²) < 4.78 is 0. The minimum atomic E-state index is 0.661. The monoisotopic (exact) mass is 139 g/mol. The molecular formula is C7H9NS. The molecule has 1 N–H and O–H groups in total. The molecule has 1 nitrogen and oxygen atoms in total. The van der Waals surface area contributed by atoms with Crippen LogP contribution >= 0.6 is 11.3 Å². The predicted molar refractivity (Wildman–Crippen MR) is 41.6 cm³/mol. The van der Waals surface area contributed by atoms with E-state index in [4.69, 9.17) is 5.41 Å². The van der Waals surface area contributed by atoms with Crippen molar-refractivity contribution in [2.75, 3.05) is 0 Å². The van der Waals surface area contributed by atoms with Gasteiger partial charge in [0.25, 0.3) is 0 Å². The Kier molecular flexibility index (Phi) is 1.67. The largest absolute Gasteiger partial charge is 0.305 e. The van der Waals surface area contributed by atoms with Gasteiger partial charge in [0.05, 0.1) is 0 Å². The normalized spacial score (nSPS) is 9.56. The summed E-state index contributed by atoms with van der Waals surface area (Å²) in [5.74, 6) is 0. The van der Waals surface area contributed by atoms with Crippen molar-refractivity contribution in [1.29, 1.82) is 5.41 Å². The summed E-state index contributed by atoms with van der Waals surface area (Å²) in [5.41, 5.74) is 1.74. The van der Waals surface area contributed by atoms with E-state index >= 15 is 0 Å². The molecule has 1 aromatic rings.